The van der Waals surface area contributed by atoms with E-state index in [9.17, 15) is 9.59 Å². The molecule has 3 rings (SSSR count). The van der Waals surface area contributed by atoms with E-state index in [1.165, 1.54) is 7.11 Å². The van der Waals surface area contributed by atoms with Crippen LogP contribution in [0, 0.1) is 5.92 Å². The second-order valence-electron chi connectivity index (χ2n) is 9.36. The van der Waals surface area contributed by atoms with E-state index in [0.717, 1.165) is 25.5 Å². The molecule has 1 saturated heterocycles. The third-order valence-corrected chi connectivity index (χ3v) is 7.14. The van der Waals surface area contributed by atoms with Gasteiger partial charge in [0.1, 0.15) is 12.2 Å². The third-order valence-electron chi connectivity index (χ3n) is 5.43. The molecule has 1 fully saturated rings. The lowest BCUT2D eigenvalue weighted by Crippen LogP contribution is -2.44. The van der Waals surface area contributed by atoms with Crippen molar-refractivity contribution in [1.82, 2.24) is 24.8 Å². The van der Waals surface area contributed by atoms with Crippen LogP contribution in [0.1, 0.15) is 12.8 Å². The molecule has 10 nitrogen and oxygen atoms in total. The maximum absolute atomic E-state index is 12.3. The van der Waals surface area contributed by atoms with Crippen molar-refractivity contribution in [2.45, 2.75) is 45.3 Å². The van der Waals surface area contributed by atoms with Crippen LogP contribution in [-0.2, 0) is 16.2 Å². The zero-order valence-corrected chi connectivity index (χ0v) is 20.4. The summed E-state index contributed by atoms with van der Waals surface area (Å²) >= 11 is 0. The number of hydrogen-bond acceptors (Lipinski definition) is 6. The predicted octanol–water partition coefficient (Wildman–Crippen LogP) is 3.34. The number of fused-ring (bicyclic) bond motifs is 1. The number of nitrogens with zero attached hydrogens (tertiary/aromatic N) is 4. The second-order valence-corrected chi connectivity index (χ2v) is 15.0. The van der Waals surface area contributed by atoms with Crippen molar-refractivity contribution in [2.75, 3.05) is 38.7 Å². The van der Waals surface area contributed by atoms with Gasteiger partial charge in [0, 0.05) is 40.5 Å². The molecule has 2 aromatic rings. The Morgan fingerprint density at radius 1 is 1.31 bits per heavy atom. The molecule has 1 aliphatic rings. The van der Waals surface area contributed by atoms with E-state index in [2.05, 4.69) is 40.2 Å². The molecule has 3 amide bonds. The molecule has 1 atom stereocenters. The number of hydrogen-bond donors (Lipinski definition) is 2. The fourth-order valence-electron chi connectivity index (χ4n) is 3.59. The summed E-state index contributed by atoms with van der Waals surface area (Å²) < 4.78 is 12.5. The average molecular weight is 463 g/mol. The molecule has 2 aromatic heterocycles. The van der Waals surface area contributed by atoms with Gasteiger partial charge in [0.15, 0.2) is 11.5 Å². The SMILES string of the molecule is COC(=O)N1CCCC(CNC(=O)Nc2cnc3c(ccn3COCC[Si](C)(C)C)n2)C1. The van der Waals surface area contributed by atoms with Crippen LogP contribution in [0.2, 0.25) is 25.7 Å². The Hall–Kier alpha value is -2.66. The first kappa shape index (κ1) is 24.0. The number of ether oxygens (including phenoxy) is 2. The van der Waals surface area contributed by atoms with Crippen molar-refractivity contribution < 1.29 is 19.1 Å². The van der Waals surface area contributed by atoms with Gasteiger partial charge >= 0.3 is 12.1 Å². The first-order chi connectivity index (χ1) is 15.2. The molecule has 0 bridgehead atoms. The van der Waals surface area contributed by atoms with Gasteiger partial charge in [-0.2, -0.15) is 0 Å². The molecule has 0 spiro atoms. The Labute approximate surface area is 189 Å². The Morgan fingerprint density at radius 3 is 2.88 bits per heavy atom. The van der Waals surface area contributed by atoms with Crippen molar-refractivity contribution in [3.05, 3.63) is 18.5 Å². The summed E-state index contributed by atoms with van der Waals surface area (Å²) in [6, 6.07) is 2.63. The molecule has 0 aromatic carbocycles. The smallest absolute Gasteiger partial charge is 0.409 e. The molecule has 176 valence electrons. The fraction of sp³-hybridized carbons (Fsp3) is 0.619. The molecule has 0 saturated carbocycles. The van der Waals surface area contributed by atoms with Crippen molar-refractivity contribution in [3.8, 4) is 0 Å². The quantitative estimate of drug-likeness (QED) is 0.460. The summed E-state index contributed by atoms with van der Waals surface area (Å²) in [7, 11) is 0.264. The minimum absolute atomic E-state index is 0.192. The Balaban J connectivity index is 1.47. The number of amides is 3. The minimum Gasteiger partial charge on any atom is -0.453 e. The highest BCUT2D eigenvalue weighted by Gasteiger charge is 2.24. The molecule has 11 heteroatoms. The van der Waals surface area contributed by atoms with Crippen molar-refractivity contribution >= 4 is 37.2 Å². The van der Waals surface area contributed by atoms with Crippen LogP contribution < -0.4 is 10.6 Å². The van der Waals surface area contributed by atoms with Gasteiger partial charge in [-0.05, 0) is 30.9 Å². The number of urea groups is 1. The largest absolute Gasteiger partial charge is 0.453 e. The molecular formula is C21H34N6O4Si. The maximum Gasteiger partial charge on any atom is 0.409 e. The van der Waals surface area contributed by atoms with E-state index in [-0.39, 0.29) is 18.0 Å². The van der Waals surface area contributed by atoms with Crippen LogP contribution >= 0.6 is 0 Å². The molecule has 3 heterocycles. The van der Waals surface area contributed by atoms with Crippen LogP contribution in [0.5, 0.6) is 0 Å². The molecule has 32 heavy (non-hydrogen) atoms. The van der Waals surface area contributed by atoms with Crippen LogP contribution in [0.25, 0.3) is 11.2 Å². The van der Waals surface area contributed by atoms with E-state index < -0.39 is 8.07 Å². The lowest BCUT2D eigenvalue weighted by molar-refractivity contribution is 0.0898. The van der Waals surface area contributed by atoms with Crippen molar-refractivity contribution in [3.63, 3.8) is 0 Å². The number of nitrogens with one attached hydrogen (secondary N) is 2. The van der Waals surface area contributed by atoms with E-state index in [4.69, 9.17) is 9.47 Å². The number of rotatable bonds is 8. The first-order valence-electron chi connectivity index (χ1n) is 11.0. The summed E-state index contributed by atoms with van der Waals surface area (Å²) in [6.45, 7) is 9.87. The predicted molar refractivity (Wildman–Crippen MR) is 125 cm³/mol. The summed E-state index contributed by atoms with van der Waals surface area (Å²) in [5.41, 5.74) is 1.41. The first-order valence-corrected chi connectivity index (χ1v) is 14.7. The molecular weight excluding hydrogens is 428 g/mol. The molecule has 1 aliphatic heterocycles. The summed E-state index contributed by atoms with van der Waals surface area (Å²) in [5, 5.41) is 5.59. The lowest BCUT2D eigenvalue weighted by Gasteiger charge is -2.31. The highest BCUT2D eigenvalue weighted by atomic mass is 28.3. The number of methoxy groups -OCH3 is 1. The minimum atomic E-state index is -1.12. The highest BCUT2D eigenvalue weighted by Crippen LogP contribution is 2.17. The van der Waals surface area contributed by atoms with E-state index >= 15 is 0 Å². The van der Waals surface area contributed by atoms with Crippen LogP contribution in [0.15, 0.2) is 18.5 Å². The van der Waals surface area contributed by atoms with E-state index in [0.29, 0.717) is 43.3 Å². The van der Waals surface area contributed by atoms with Gasteiger partial charge in [-0.1, -0.05) is 19.6 Å². The molecule has 0 aliphatic carbocycles. The number of carbonyl (C=O) groups excluding carboxylic acids is 2. The van der Waals surface area contributed by atoms with Gasteiger partial charge in [-0.15, -0.1) is 0 Å². The normalized spacial score (nSPS) is 16.8. The highest BCUT2D eigenvalue weighted by molar-refractivity contribution is 6.76. The zero-order chi connectivity index (χ0) is 23.1. The molecule has 2 N–H and O–H groups in total. The number of carbonyl (C=O) groups is 2. The van der Waals surface area contributed by atoms with Crippen molar-refractivity contribution in [1.29, 1.82) is 0 Å². The Morgan fingerprint density at radius 2 is 2.12 bits per heavy atom. The third kappa shape index (κ3) is 6.92. The second kappa shape index (κ2) is 10.8. The number of likely N-dealkylation sites (tertiary alicyclic amines) is 1. The number of piperidine rings is 1. The lowest BCUT2D eigenvalue weighted by atomic mass is 9.98. The number of aromatic nitrogens is 3. The van der Waals surface area contributed by atoms with Gasteiger partial charge < -0.3 is 24.3 Å². The van der Waals surface area contributed by atoms with Gasteiger partial charge in [-0.25, -0.2) is 19.6 Å². The van der Waals surface area contributed by atoms with Gasteiger partial charge in [0.2, 0.25) is 0 Å². The summed E-state index contributed by atoms with van der Waals surface area (Å²) in [4.78, 5) is 34.6. The van der Waals surface area contributed by atoms with Crippen LogP contribution in [0.4, 0.5) is 15.4 Å². The average Bonchev–Trinajstić information content (AvgIpc) is 3.16. The Bertz CT molecular complexity index is 929. The Kier molecular flexibility index (Phi) is 8.08. The molecule has 0 radical (unpaired) electrons. The monoisotopic (exact) mass is 462 g/mol. The van der Waals surface area contributed by atoms with E-state index in [1.807, 2.05) is 16.8 Å². The van der Waals surface area contributed by atoms with Gasteiger partial charge in [-0.3, -0.25) is 5.32 Å². The van der Waals surface area contributed by atoms with Crippen LogP contribution in [0.3, 0.4) is 0 Å². The maximum atomic E-state index is 12.3. The summed E-state index contributed by atoms with van der Waals surface area (Å²) in [5.74, 6) is 0.573. The summed E-state index contributed by atoms with van der Waals surface area (Å²) in [6.07, 6.45) is 4.95. The van der Waals surface area contributed by atoms with Crippen molar-refractivity contribution in [2.24, 2.45) is 5.92 Å². The number of anilines is 1. The topological polar surface area (TPSA) is 111 Å². The molecule has 1 unspecified atom stereocenters. The van der Waals surface area contributed by atoms with E-state index in [1.54, 1.807) is 11.1 Å². The van der Waals surface area contributed by atoms with Crippen LogP contribution in [-0.4, -0.2) is 73.0 Å². The standard InChI is InChI=1S/C21H34N6O4Si/c1-30-21(29)26-8-5-6-16(14-26)12-23-20(28)25-18-13-22-19-17(24-18)7-9-27(19)15-31-10-11-32(2,3)4/h7,9,13,16H,5-6,8,10-12,14-15H2,1-4H3,(H2,23,24,25,28). The fourth-order valence-corrected chi connectivity index (χ4v) is 4.35. The van der Waals surface area contributed by atoms with Gasteiger partial charge in [0.25, 0.3) is 0 Å². The zero-order valence-electron chi connectivity index (χ0n) is 19.4. The van der Waals surface area contributed by atoms with Gasteiger partial charge in [0.05, 0.1) is 13.3 Å².